The van der Waals surface area contributed by atoms with Gasteiger partial charge in [-0.1, -0.05) is 20.8 Å². The summed E-state index contributed by atoms with van der Waals surface area (Å²) >= 11 is 0. The maximum atomic E-state index is 5.19. The Balaban J connectivity index is 2.99. The molecule has 74 valence electrons. The number of hydrogen-bond acceptors (Lipinski definition) is 3. The molecular formula is C10H18N2O. The summed E-state index contributed by atoms with van der Waals surface area (Å²) in [5.74, 6) is 0.706. The fourth-order valence-corrected chi connectivity index (χ4v) is 1.83. The zero-order valence-corrected chi connectivity index (χ0v) is 9.30. The van der Waals surface area contributed by atoms with Crippen LogP contribution in [0.25, 0.3) is 0 Å². The van der Waals surface area contributed by atoms with Crippen LogP contribution in [0.3, 0.4) is 0 Å². The van der Waals surface area contributed by atoms with Gasteiger partial charge in [0.1, 0.15) is 0 Å². The van der Waals surface area contributed by atoms with Gasteiger partial charge >= 0.3 is 0 Å². The average molecular weight is 182 g/mol. The summed E-state index contributed by atoms with van der Waals surface area (Å²) in [5, 5.41) is 8.23. The molecule has 0 spiro atoms. The summed E-state index contributed by atoms with van der Waals surface area (Å²) in [4.78, 5) is 0. The minimum Gasteiger partial charge on any atom is -0.482 e. The van der Waals surface area contributed by atoms with Crippen molar-refractivity contribution in [2.75, 3.05) is 7.11 Å². The Morgan fingerprint density at radius 3 is 1.92 bits per heavy atom. The molecule has 3 nitrogen and oxygen atoms in total. The summed E-state index contributed by atoms with van der Waals surface area (Å²) < 4.78 is 5.19. The summed E-state index contributed by atoms with van der Waals surface area (Å²) in [6.45, 7) is 10.6. The van der Waals surface area contributed by atoms with Crippen LogP contribution in [0.15, 0.2) is 10.2 Å². The van der Waals surface area contributed by atoms with Crippen LogP contribution in [-0.4, -0.2) is 18.7 Å². The third-order valence-corrected chi connectivity index (χ3v) is 2.27. The highest BCUT2D eigenvalue weighted by Crippen LogP contribution is 2.35. The fourth-order valence-electron chi connectivity index (χ4n) is 1.83. The maximum Gasteiger partial charge on any atom is 0.219 e. The Bertz CT molecular complexity index is 269. The third-order valence-electron chi connectivity index (χ3n) is 2.27. The lowest BCUT2D eigenvalue weighted by Crippen LogP contribution is -2.38. The van der Waals surface area contributed by atoms with Gasteiger partial charge < -0.3 is 4.74 Å². The number of methoxy groups -OCH3 is 1. The van der Waals surface area contributed by atoms with Crippen molar-refractivity contribution in [1.29, 1.82) is 0 Å². The van der Waals surface area contributed by atoms with Crippen molar-refractivity contribution in [2.24, 2.45) is 21.0 Å². The molecule has 1 aliphatic heterocycles. The molecule has 0 saturated heterocycles. The zero-order valence-electron chi connectivity index (χ0n) is 9.30. The van der Waals surface area contributed by atoms with Crippen molar-refractivity contribution >= 4 is 11.6 Å². The van der Waals surface area contributed by atoms with Gasteiger partial charge in [0.15, 0.2) is 0 Å². The molecule has 0 aromatic heterocycles. The Morgan fingerprint density at radius 1 is 1.15 bits per heavy atom. The molecule has 3 heteroatoms. The molecule has 0 aromatic carbocycles. The van der Waals surface area contributed by atoms with Crippen LogP contribution in [0.2, 0.25) is 0 Å². The van der Waals surface area contributed by atoms with E-state index in [4.69, 9.17) is 4.74 Å². The first-order chi connectivity index (χ1) is 5.80. The van der Waals surface area contributed by atoms with Gasteiger partial charge in [0.25, 0.3) is 0 Å². The normalized spacial score (nSPS) is 21.1. The van der Waals surface area contributed by atoms with Crippen molar-refractivity contribution in [3.63, 3.8) is 0 Å². The summed E-state index contributed by atoms with van der Waals surface area (Å²) in [6, 6.07) is 0. The van der Waals surface area contributed by atoms with E-state index in [2.05, 4.69) is 44.8 Å². The third kappa shape index (κ3) is 1.60. The lowest BCUT2D eigenvalue weighted by Gasteiger charge is -2.29. The van der Waals surface area contributed by atoms with Crippen molar-refractivity contribution in [3.8, 4) is 0 Å². The molecule has 0 saturated carbocycles. The summed E-state index contributed by atoms with van der Waals surface area (Å²) in [6.07, 6.45) is 0. The number of rotatable bonds is 0. The molecule has 13 heavy (non-hydrogen) atoms. The molecule has 0 N–H and O–H groups in total. The van der Waals surface area contributed by atoms with E-state index in [-0.39, 0.29) is 10.8 Å². The molecule has 0 aromatic rings. The van der Waals surface area contributed by atoms with Crippen LogP contribution in [0.4, 0.5) is 0 Å². The van der Waals surface area contributed by atoms with E-state index >= 15 is 0 Å². The topological polar surface area (TPSA) is 34.0 Å². The van der Waals surface area contributed by atoms with Crippen molar-refractivity contribution < 1.29 is 4.74 Å². The number of hydrogen-bond donors (Lipinski definition) is 0. The van der Waals surface area contributed by atoms with E-state index in [0.29, 0.717) is 5.90 Å². The Labute approximate surface area is 79.9 Å². The first-order valence-corrected chi connectivity index (χ1v) is 4.51. The van der Waals surface area contributed by atoms with Crippen LogP contribution in [-0.2, 0) is 4.74 Å². The molecule has 0 atom stereocenters. The molecule has 1 aliphatic rings. The van der Waals surface area contributed by atoms with E-state index in [0.717, 1.165) is 5.71 Å². The molecule has 0 fully saturated rings. The largest absolute Gasteiger partial charge is 0.482 e. The highest BCUT2D eigenvalue weighted by atomic mass is 16.5. The second kappa shape index (κ2) is 2.82. The zero-order chi connectivity index (χ0) is 10.3. The Kier molecular flexibility index (Phi) is 2.22. The van der Waals surface area contributed by atoms with Gasteiger partial charge in [0.2, 0.25) is 5.90 Å². The molecule has 0 radical (unpaired) electrons. The standard InChI is InChI=1S/C10H18N2O/c1-9(2,3)7-10(4,5)8(13-6)12-11-7/h1-6H3. The number of ether oxygens (including phenoxy) is 1. The van der Waals surface area contributed by atoms with Gasteiger partial charge in [-0.25, -0.2) is 0 Å². The first-order valence-electron chi connectivity index (χ1n) is 4.51. The van der Waals surface area contributed by atoms with Crippen molar-refractivity contribution in [3.05, 3.63) is 0 Å². The lowest BCUT2D eigenvalue weighted by atomic mass is 9.74. The van der Waals surface area contributed by atoms with Gasteiger partial charge in [-0.2, -0.15) is 5.10 Å². The second-order valence-corrected chi connectivity index (χ2v) is 4.93. The fraction of sp³-hybridized carbons (Fsp3) is 0.800. The SMILES string of the molecule is COC1=NN=C(C(C)(C)C)C1(C)C. The second-order valence-electron chi connectivity index (χ2n) is 4.93. The molecule has 0 aliphatic carbocycles. The van der Waals surface area contributed by atoms with Crippen LogP contribution >= 0.6 is 0 Å². The predicted molar refractivity (Wildman–Crippen MR) is 55.1 cm³/mol. The van der Waals surface area contributed by atoms with E-state index in [1.165, 1.54) is 0 Å². The maximum absolute atomic E-state index is 5.19. The van der Waals surface area contributed by atoms with E-state index in [1.54, 1.807) is 7.11 Å². The molecule has 1 heterocycles. The smallest absolute Gasteiger partial charge is 0.219 e. The van der Waals surface area contributed by atoms with Gasteiger partial charge in [-0.15, -0.1) is 5.10 Å². The quantitative estimate of drug-likeness (QED) is 0.566. The summed E-state index contributed by atoms with van der Waals surface area (Å²) in [5.41, 5.74) is 0.970. The van der Waals surface area contributed by atoms with Gasteiger partial charge in [-0.05, 0) is 13.8 Å². The van der Waals surface area contributed by atoms with Crippen LogP contribution in [0, 0.1) is 10.8 Å². The molecular weight excluding hydrogens is 164 g/mol. The first kappa shape index (κ1) is 10.2. The highest BCUT2D eigenvalue weighted by molar-refractivity contribution is 6.12. The van der Waals surface area contributed by atoms with Crippen LogP contribution in [0.5, 0.6) is 0 Å². The van der Waals surface area contributed by atoms with Gasteiger partial charge in [-0.3, -0.25) is 0 Å². The van der Waals surface area contributed by atoms with Crippen molar-refractivity contribution in [1.82, 2.24) is 0 Å². The van der Waals surface area contributed by atoms with Crippen LogP contribution in [0.1, 0.15) is 34.6 Å². The number of nitrogens with zero attached hydrogens (tertiary/aromatic N) is 2. The lowest BCUT2D eigenvalue weighted by molar-refractivity contribution is 0.356. The van der Waals surface area contributed by atoms with Crippen molar-refractivity contribution in [2.45, 2.75) is 34.6 Å². The molecule has 1 rings (SSSR count). The Hall–Kier alpha value is -0.860. The average Bonchev–Trinajstić information content (AvgIpc) is 2.22. The molecule has 0 bridgehead atoms. The van der Waals surface area contributed by atoms with E-state index in [9.17, 15) is 0 Å². The predicted octanol–water partition coefficient (Wildman–Crippen LogP) is 2.47. The monoisotopic (exact) mass is 182 g/mol. The van der Waals surface area contributed by atoms with Gasteiger partial charge in [0, 0.05) is 5.41 Å². The Morgan fingerprint density at radius 2 is 1.69 bits per heavy atom. The van der Waals surface area contributed by atoms with Crippen LogP contribution < -0.4 is 0 Å². The van der Waals surface area contributed by atoms with Gasteiger partial charge in [0.05, 0.1) is 18.2 Å². The van der Waals surface area contributed by atoms with E-state index in [1.807, 2.05) is 0 Å². The highest BCUT2D eigenvalue weighted by Gasteiger charge is 2.42. The molecule has 0 unspecified atom stereocenters. The molecule has 0 amide bonds. The minimum atomic E-state index is -0.160. The summed E-state index contributed by atoms with van der Waals surface area (Å²) in [7, 11) is 1.64. The van der Waals surface area contributed by atoms with E-state index < -0.39 is 0 Å². The minimum absolute atomic E-state index is 0.0489.